The molecule has 1 aromatic rings. The maximum Gasteiger partial charge on any atom is 0.451 e. The molecule has 2 aliphatic rings. The zero-order valence-corrected chi connectivity index (χ0v) is 15.2. The van der Waals surface area contributed by atoms with Crippen LogP contribution in [0.3, 0.4) is 0 Å². The number of nitrogens with zero attached hydrogens (tertiary/aromatic N) is 1. The van der Waals surface area contributed by atoms with Crippen molar-refractivity contribution in [3.8, 4) is 0 Å². The van der Waals surface area contributed by atoms with Gasteiger partial charge in [0.2, 0.25) is 0 Å². The second-order valence-corrected chi connectivity index (χ2v) is 7.90. The molecule has 0 saturated carbocycles. The number of halogens is 1. The molecule has 1 aliphatic heterocycles. The van der Waals surface area contributed by atoms with E-state index in [2.05, 4.69) is 4.90 Å². The molecule has 0 radical (unpaired) electrons. The lowest BCUT2D eigenvalue weighted by molar-refractivity contribution is -0.145. The fraction of sp³-hybridized carbons (Fsp3) is 0.632. The van der Waals surface area contributed by atoms with Gasteiger partial charge in [0.1, 0.15) is 5.82 Å². The van der Waals surface area contributed by atoms with E-state index in [0.717, 1.165) is 37.1 Å². The molecule has 3 N–H and O–H groups in total. The van der Waals surface area contributed by atoms with Gasteiger partial charge < -0.3 is 15.2 Å². The molecule has 1 aromatic carbocycles. The van der Waals surface area contributed by atoms with Gasteiger partial charge in [-0.3, -0.25) is 9.69 Å². The Hall–Kier alpha value is -1.44. The standard InChI is InChI=1S/C19H27BFNO4/c1-19(18(23)24)15(5-4-6-20(25)26)9-13-11-17(21)14(10-16(13)19)12-22-7-2-3-8-22/h10-11,15,25-26H,2-9,12H2,1H3,(H,23,24)/t15-,19-/m0/s1. The van der Waals surface area contributed by atoms with Crippen LogP contribution in [-0.2, 0) is 23.2 Å². The molecule has 1 heterocycles. The molecular formula is C19H27BFNO4. The van der Waals surface area contributed by atoms with Crippen molar-refractivity contribution in [1.29, 1.82) is 0 Å². The summed E-state index contributed by atoms with van der Waals surface area (Å²) in [4.78, 5) is 14.3. The van der Waals surface area contributed by atoms with Gasteiger partial charge in [-0.1, -0.05) is 12.5 Å². The summed E-state index contributed by atoms with van der Waals surface area (Å²) in [5.41, 5.74) is 0.996. The lowest BCUT2D eigenvalue weighted by atomic mass is 9.72. The quantitative estimate of drug-likeness (QED) is 0.647. The van der Waals surface area contributed by atoms with Crippen LogP contribution in [-0.4, -0.2) is 46.2 Å². The monoisotopic (exact) mass is 363 g/mol. The van der Waals surface area contributed by atoms with E-state index in [0.29, 0.717) is 31.4 Å². The number of hydrogen-bond acceptors (Lipinski definition) is 4. The molecule has 26 heavy (non-hydrogen) atoms. The average Bonchev–Trinajstić information content (AvgIpc) is 3.16. The van der Waals surface area contributed by atoms with Crippen LogP contribution in [0.25, 0.3) is 0 Å². The Morgan fingerprint density at radius 1 is 1.35 bits per heavy atom. The summed E-state index contributed by atoms with van der Waals surface area (Å²) < 4.78 is 14.6. The van der Waals surface area contributed by atoms with Gasteiger partial charge in [-0.15, -0.1) is 0 Å². The van der Waals surface area contributed by atoms with Crippen LogP contribution in [0.5, 0.6) is 0 Å². The van der Waals surface area contributed by atoms with Crippen molar-refractivity contribution in [3.63, 3.8) is 0 Å². The predicted molar refractivity (Wildman–Crippen MR) is 97.3 cm³/mol. The van der Waals surface area contributed by atoms with Crippen molar-refractivity contribution >= 4 is 13.1 Å². The molecule has 1 fully saturated rings. The molecule has 0 amide bonds. The molecule has 1 saturated heterocycles. The first-order valence-corrected chi connectivity index (χ1v) is 9.46. The number of aliphatic carboxylic acids is 1. The van der Waals surface area contributed by atoms with Gasteiger partial charge in [0, 0.05) is 12.1 Å². The molecule has 0 bridgehead atoms. The molecule has 7 heteroatoms. The van der Waals surface area contributed by atoms with E-state index >= 15 is 0 Å². The molecule has 142 valence electrons. The summed E-state index contributed by atoms with van der Waals surface area (Å²) in [6, 6.07) is 3.28. The first-order chi connectivity index (χ1) is 12.3. The van der Waals surface area contributed by atoms with Crippen LogP contribution in [0.2, 0.25) is 6.32 Å². The minimum absolute atomic E-state index is 0.171. The Morgan fingerprint density at radius 2 is 2.04 bits per heavy atom. The topological polar surface area (TPSA) is 81.0 Å². The van der Waals surface area contributed by atoms with Gasteiger partial charge in [0.25, 0.3) is 0 Å². The Kier molecular flexibility index (Phi) is 5.70. The van der Waals surface area contributed by atoms with Gasteiger partial charge in [-0.25, -0.2) is 4.39 Å². The number of likely N-dealkylation sites (tertiary alicyclic amines) is 1. The Morgan fingerprint density at radius 3 is 2.65 bits per heavy atom. The Labute approximate surface area is 154 Å². The van der Waals surface area contributed by atoms with Gasteiger partial charge in [0.15, 0.2) is 0 Å². The largest absolute Gasteiger partial charge is 0.481 e. The number of benzene rings is 1. The van der Waals surface area contributed by atoms with Crippen LogP contribution < -0.4 is 0 Å². The van der Waals surface area contributed by atoms with E-state index in [4.69, 9.17) is 10.0 Å². The SMILES string of the molecule is C[C@@]1(C(=O)O)c2cc(CN3CCCC3)c(F)cc2C[C@@H]1CCCB(O)O. The fourth-order valence-corrected chi connectivity index (χ4v) is 4.53. The van der Waals surface area contributed by atoms with E-state index in [-0.39, 0.29) is 18.1 Å². The average molecular weight is 363 g/mol. The third-order valence-corrected chi connectivity index (χ3v) is 6.17. The molecule has 0 aromatic heterocycles. The van der Waals surface area contributed by atoms with E-state index in [1.165, 1.54) is 6.07 Å². The highest BCUT2D eigenvalue weighted by Crippen LogP contribution is 2.46. The molecule has 0 unspecified atom stereocenters. The third-order valence-electron chi connectivity index (χ3n) is 6.17. The van der Waals surface area contributed by atoms with Crippen molar-refractivity contribution in [1.82, 2.24) is 4.90 Å². The molecule has 5 nitrogen and oxygen atoms in total. The van der Waals surface area contributed by atoms with E-state index < -0.39 is 18.5 Å². The molecule has 0 spiro atoms. The van der Waals surface area contributed by atoms with Gasteiger partial charge in [-0.2, -0.15) is 0 Å². The highest BCUT2D eigenvalue weighted by Gasteiger charge is 2.49. The second kappa shape index (κ2) is 7.67. The van der Waals surface area contributed by atoms with Crippen LogP contribution >= 0.6 is 0 Å². The lowest BCUT2D eigenvalue weighted by Gasteiger charge is -2.29. The maximum absolute atomic E-state index is 14.6. The first-order valence-electron chi connectivity index (χ1n) is 9.46. The van der Waals surface area contributed by atoms with Gasteiger partial charge in [-0.05, 0) is 75.1 Å². The highest BCUT2D eigenvalue weighted by molar-refractivity contribution is 6.40. The number of rotatable bonds is 7. The fourth-order valence-electron chi connectivity index (χ4n) is 4.53. The summed E-state index contributed by atoms with van der Waals surface area (Å²) in [6.07, 6.45) is 4.08. The van der Waals surface area contributed by atoms with Gasteiger partial charge >= 0.3 is 13.1 Å². The molecule has 3 rings (SSSR count). The number of fused-ring (bicyclic) bond motifs is 1. The van der Waals surface area contributed by atoms with Crippen molar-refractivity contribution in [2.24, 2.45) is 5.92 Å². The molecule has 2 atom stereocenters. The minimum Gasteiger partial charge on any atom is -0.481 e. The molecular weight excluding hydrogens is 336 g/mol. The minimum atomic E-state index is -1.38. The third kappa shape index (κ3) is 3.66. The number of carboxylic acids is 1. The van der Waals surface area contributed by atoms with Crippen molar-refractivity contribution < 1.29 is 24.3 Å². The van der Waals surface area contributed by atoms with Crippen LogP contribution in [0.1, 0.15) is 49.3 Å². The summed E-state index contributed by atoms with van der Waals surface area (Å²) in [5, 5.41) is 28.0. The van der Waals surface area contributed by atoms with Crippen LogP contribution in [0.15, 0.2) is 12.1 Å². The maximum atomic E-state index is 14.6. The van der Waals surface area contributed by atoms with Crippen molar-refractivity contribution in [2.45, 2.75) is 57.3 Å². The summed E-state index contributed by atoms with van der Waals surface area (Å²) in [7, 11) is -1.38. The zero-order chi connectivity index (χ0) is 18.9. The normalized spacial score (nSPS) is 25.5. The highest BCUT2D eigenvalue weighted by atomic mass is 19.1. The number of carbonyl (C=O) groups is 1. The second-order valence-electron chi connectivity index (χ2n) is 7.90. The van der Waals surface area contributed by atoms with Crippen molar-refractivity contribution in [3.05, 3.63) is 34.6 Å². The number of hydrogen-bond donors (Lipinski definition) is 3. The molecule has 1 aliphatic carbocycles. The smallest absolute Gasteiger partial charge is 0.451 e. The predicted octanol–water partition coefficient (Wildman–Crippen LogP) is 2.19. The van der Waals surface area contributed by atoms with Crippen molar-refractivity contribution in [2.75, 3.05) is 13.1 Å². The zero-order valence-electron chi connectivity index (χ0n) is 15.2. The number of carboxylic acid groups (broad SMARTS) is 1. The summed E-state index contributed by atoms with van der Waals surface area (Å²) in [5.74, 6) is -1.32. The Bertz CT molecular complexity index is 678. The van der Waals surface area contributed by atoms with E-state index in [1.807, 2.05) is 0 Å². The Balaban J connectivity index is 1.86. The van der Waals surface area contributed by atoms with Crippen LogP contribution in [0.4, 0.5) is 4.39 Å². The summed E-state index contributed by atoms with van der Waals surface area (Å²) in [6.45, 7) is 4.16. The van der Waals surface area contributed by atoms with E-state index in [9.17, 15) is 14.3 Å². The summed E-state index contributed by atoms with van der Waals surface area (Å²) >= 11 is 0. The van der Waals surface area contributed by atoms with E-state index in [1.54, 1.807) is 13.0 Å². The lowest BCUT2D eigenvalue weighted by Crippen LogP contribution is -2.37. The van der Waals surface area contributed by atoms with Crippen LogP contribution in [0, 0.1) is 11.7 Å². The van der Waals surface area contributed by atoms with Gasteiger partial charge in [0.05, 0.1) is 5.41 Å². The first kappa shape index (κ1) is 19.3.